The maximum atomic E-state index is 12.1. The Bertz CT molecular complexity index is 760. The zero-order valence-corrected chi connectivity index (χ0v) is 16.0. The Morgan fingerprint density at radius 3 is 2.66 bits per heavy atom. The first-order valence-electron chi connectivity index (χ1n) is 9.32. The third-order valence-corrected chi connectivity index (χ3v) is 4.78. The van der Waals surface area contributed by atoms with Gasteiger partial charge in [-0.1, -0.05) is 19.4 Å². The van der Waals surface area contributed by atoms with Crippen LogP contribution in [0.25, 0.3) is 6.08 Å². The number of rotatable bonds is 10. The predicted molar refractivity (Wildman–Crippen MR) is 101 cm³/mol. The lowest BCUT2D eigenvalue weighted by Gasteiger charge is -2.51. The SMILES string of the molecule is CCCCO[C@@H]1[C@H](OC(=O)/C=C/c2ccc(O)c(O)c2)C[C@@]1(O)[C@H](O)CC(=O)O. The number of unbranched alkanes of at least 4 members (excludes halogenated alkanes) is 1. The third kappa shape index (κ3) is 5.69. The molecule has 160 valence electrons. The van der Waals surface area contributed by atoms with E-state index >= 15 is 0 Å². The molecule has 0 saturated heterocycles. The van der Waals surface area contributed by atoms with E-state index in [9.17, 15) is 30.0 Å². The molecule has 9 nitrogen and oxygen atoms in total. The second-order valence-electron chi connectivity index (χ2n) is 7.01. The van der Waals surface area contributed by atoms with Crippen LogP contribution in [-0.4, -0.2) is 68.0 Å². The van der Waals surface area contributed by atoms with Crippen molar-refractivity contribution in [1.82, 2.24) is 0 Å². The summed E-state index contributed by atoms with van der Waals surface area (Å²) in [6, 6.07) is 4.02. The number of aliphatic hydroxyl groups excluding tert-OH is 1. The van der Waals surface area contributed by atoms with Crippen molar-refractivity contribution >= 4 is 18.0 Å². The average molecular weight is 410 g/mol. The van der Waals surface area contributed by atoms with Gasteiger partial charge in [-0.25, -0.2) is 4.79 Å². The van der Waals surface area contributed by atoms with Crippen LogP contribution in [0.2, 0.25) is 0 Å². The normalized spacial score (nSPS) is 24.8. The summed E-state index contributed by atoms with van der Waals surface area (Å²) in [6.07, 6.45) is -0.255. The van der Waals surface area contributed by atoms with Crippen LogP contribution >= 0.6 is 0 Å². The van der Waals surface area contributed by atoms with Crippen molar-refractivity contribution in [2.45, 2.75) is 56.5 Å². The first kappa shape index (κ1) is 22.7. The van der Waals surface area contributed by atoms with Gasteiger partial charge in [-0.2, -0.15) is 0 Å². The van der Waals surface area contributed by atoms with Crippen LogP contribution in [0.5, 0.6) is 11.5 Å². The molecule has 1 fully saturated rings. The van der Waals surface area contributed by atoms with E-state index in [0.29, 0.717) is 12.0 Å². The van der Waals surface area contributed by atoms with Gasteiger partial charge in [-0.3, -0.25) is 4.79 Å². The van der Waals surface area contributed by atoms with E-state index in [1.807, 2.05) is 6.92 Å². The fourth-order valence-corrected chi connectivity index (χ4v) is 3.08. The maximum Gasteiger partial charge on any atom is 0.331 e. The van der Waals surface area contributed by atoms with Gasteiger partial charge in [0.1, 0.15) is 17.8 Å². The molecular formula is C20H26O9. The van der Waals surface area contributed by atoms with E-state index in [-0.39, 0.29) is 24.5 Å². The quantitative estimate of drug-likeness (QED) is 0.165. The van der Waals surface area contributed by atoms with Crippen molar-refractivity contribution in [2.24, 2.45) is 0 Å². The molecule has 0 heterocycles. The number of aliphatic carboxylic acids is 1. The number of benzene rings is 1. The van der Waals surface area contributed by atoms with Gasteiger partial charge < -0.3 is 35.0 Å². The van der Waals surface area contributed by atoms with E-state index in [0.717, 1.165) is 12.5 Å². The molecule has 29 heavy (non-hydrogen) atoms. The van der Waals surface area contributed by atoms with Gasteiger partial charge >= 0.3 is 11.9 Å². The number of carbonyl (C=O) groups is 2. The molecule has 0 bridgehead atoms. The summed E-state index contributed by atoms with van der Waals surface area (Å²) in [6.45, 7) is 2.21. The number of carbonyl (C=O) groups excluding carboxylic acids is 1. The van der Waals surface area contributed by atoms with Gasteiger partial charge in [0, 0.05) is 19.1 Å². The van der Waals surface area contributed by atoms with Crippen LogP contribution in [0.1, 0.15) is 38.2 Å². The van der Waals surface area contributed by atoms with Crippen LogP contribution < -0.4 is 0 Å². The average Bonchev–Trinajstić information content (AvgIpc) is 2.65. The highest BCUT2D eigenvalue weighted by molar-refractivity contribution is 5.87. The molecule has 0 radical (unpaired) electrons. The lowest BCUT2D eigenvalue weighted by Crippen LogP contribution is -2.69. The van der Waals surface area contributed by atoms with Crippen LogP contribution in [0, 0.1) is 0 Å². The molecule has 9 heteroatoms. The number of esters is 1. The predicted octanol–water partition coefficient (Wildman–Crippen LogP) is 1.18. The fourth-order valence-electron chi connectivity index (χ4n) is 3.08. The van der Waals surface area contributed by atoms with Crippen molar-refractivity contribution in [1.29, 1.82) is 0 Å². The Hall–Kier alpha value is -2.62. The van der Waals surface area contributed by atoms with E-state index < -0.39 is 42.3 Å². The van der Waals surface area contributed by atoms with Crippen LogP contribution in [0.3, 0.4) is 0 Å². The lowest BCUT2D eigenvalue weighted by atomic mass is 9.69. The minimum Gasteiger partial charge on any atom is -0.504 e. The molecule has 1 aromatic carbocycles. The summed E-state index contributed by atoms with van der Waals surface area (Å²) in [4.78, 5) is 22.9. The van der Waals surface area contributed by atoms with E-state index in [4.69, 9.17) is 14.6 Å². The van der Waals surface area contributed by atoms with Crippen LogP contribution in [-0.2, 0) is 19.1 Å². The number of phenolic OH excluding ortho intramolecular Hbond substituents is 2. The summed E-state index contributed by atoms with van der Waals surface area (Å²) in [7, 11) is 0. The molecule has 1 aliphatic carbocycles. The second kappa shape index (κ2) is 9.73. The van der Waals surface area contributed by atoms with Crippen molar-refractivity contribution in [3.05, 3.63) is 29.8 Å². The number of hydrogen-bond donors (Lipinski definition) is 5. The fraction of sp³-hybridized carbons (Fsp3) is 0.500. The van der Waals surface area contributed by atoms with Crippen molar-refractivity contribution < 1.29 is 44.6 Å². The number of aromatic hydroxyl groups is 2. The highest BCUT2D eigenvalue weighted by Gasteiger charge is 2.60. The third-order valence-electron chi connectivity index (χ3n) is 4.78. The lowest BCUT2D eigenvalue weighted by molar-refractivity contribution is -0.273. The Morgan fingerprint density at radius 1 is 1.31 bits per heavy atom. The standard InChI is InChI=1S/C20H26O9/c1-2-3-8-28-19-15(11-20(19,27)16(23)10-17(24)25)29-18(26)7-5-12-4-6-13(21)14(22)9-12/h4-7,9,15-16,19,21-23,27H,2-3,8,10-11H2,1H3,(H,24,25)/b7-5+/t15-,16-,19-,20-/m1/s1. The Balaban J connectivity index is 2.01. The number of ether oxygens (including phenoxy) is 2. The van der Waals surface area contributed by atoms with Crippen LogP contribution in [0.4, 0.5) is 0 Å². The Morgan fingerprint density at radius 2 is 2.03 bits per heavy atom. The molecule has 0 aromatic heterocycles. The smallest absolute Gasteiger partial charge is 0.331 e. The summed E-state index contributed by atoms with van der Waals surface area (Å²) in [5.41, 5.74) is -1.36. The van der Waals surface area contributed by atoms with Gasteiger partial charge in [0.25, 0.3) is 0 Å². The van der Waals surface area contributed by atoms with Crippen molar-refractivity contribution in [2.75, 3.05) is 6.61 Å². The molecule has 1 saturated carbocycles. The maximum absolute atomic E-state index is 12.1. The summed E-state index contributed by atoms with van der Waals surface area (Å²) < 4.78 is 10.9. The molecular weight excluding hydrogens is 384 g/mol. The first-order valence-corrected chi connectivity index (χ1v) is 9.32. The molecule has 0 amide bonds. The highest BCUT2D eigenvalue weighted by atomic mass is 16.6. The molecule has 1 aliphatic rings. The van der Waals surface area contributed by atoms with Gasteiger partial charge in [0.05, 0.1) is 12.5 Å². The first-order chi connectivity index (χ1) is 13.7. The number of hydrogen-bond acceptors (Lipinski definition) is 8. The molecule has 5 N–H and O–H groups in total. The summed E-state index contributed by atoms with van der Waals surface area (Å²) in [5, 5.41) is 48.3. The molecule has 0 unspecified atom stereocenters. The van der Waals surface area contributed by atoms with E-state index in [2.05, 4.69) is 0 Å². The van der Waals surface area contributed by atoms with Crippen molar-refractivity contribution in [3.8, 4) is 11.5 Å². The number of phenols is 2. The summed E-state index contributed by atoms with van der Waals surface area (Å²) >= 11 is 0. The van der Waals surface area contributed by atoms with Gasteiger partial charge in [-0.15, -0.1) is 0 Å². The van der Waals surface area contributed by atoms with Gasteiger partial charge in [0.2, 0.25) is 0 Å². The van der Waals surface area contributed by atoms with Gasteiger partial charge in [-0.05, 0) is 30.2 Å². The van der Waals surface area contributed by atoms with Crippen molar-refractivity contribution in [3.63, 3.8) is 0 Å². The topological polar surface area (TPSA) is 154 Å². The monoisotopic (exact) mass is 410 g/mol. The zero-order valence-electron chi connectivity index (χ0n) is 16.0. The molecule has 1 aromatic rings. The largest absolute Gasteiger partial charge is 0.504 e. The number of aliphatic hydroxyl groups is 2. The highest BCUT2D eigenvalue weighted by Crippen LogP contribution is 2.41. The minimum absolute atomic E-state index is 0.155. The Labute approximate surface area is 167 Å². The molecule has 2 rings (SSSR count). The number of carboxylic acids is 1. The zero-order chi connectivity index (χ0) is 21.6. The molecule has 4 atom stereocenters. The second-order valence-corrected chi connectivity index (χ2v) is 7.01. The molecule has 0 spiro atoms. The van der Waals surface area contributed by atoms with E-state index in [1.54, 1.807) is 0 Å². The van der Waals surface area contributed by atoms with Gasteiger partial charge in [0.15, 0.2) is 11.5 Å². The summed E-state index contributed by atoms with van der Waals surface area (Å²) in [5.74, 6) is -2.62. The Kier molecular flexibility index (Phi) is 7.60. The van der Waals surface area contributed by atoms with Crippen LogP contribution in [0.15, 0.2) is 24.3 Å². The molecule has 0 aliphatic heterocycles. The minimum atomic E-state index is -1.82. The van der Waals surface area contributed by atoms with E-state index in [1.165, 1.54) is 24.3 Å². The number of carboxylic acid groups (broad SMARTS) is 1.